The lowest BCUT2D eigenvalue weighted by molar-refractivity contribution is 0.869. The number of halogens is 1. The average Bonchev–Trinajstić information content (AvgIpc) is 2.62. The lowest BCUT2D eigenvalue weighted by atomic mass is 10.2. The Labute approximate surface area is 146 Å². The summed E-state index contributed by atoms with van der Waals surface area (Å²) in [4.78, 5) is 2.26. The third-order valence-electron chi connectivity index (χ3n) is 4.35. The second-order valence-electron chi connectivity index (χ2n) is 6.16. The van der Waals surface area contributed by atoms with E-state index in [9.17, 15) is 0 Å². The van der Waals surface area contributed by atoms with Crippen LogP contribution in [-0.2, 0) is 6.42 Å². The first-order valence-corrected chi connectivity index (χ1v) is 9.82. The maximum atomic E-state index is 16.6. The van der Waals surface area contributed by atoms with Crippen LogP contribution in [0.4, 0.5) is 3.89 Å². The molecule has 3 rings (SSSR count). The molecular weight excluding hydrogens is 315 g/mol. The van der Waals surface area contributed by atoms with Crippen molar-refractivity contribution < 1.29 is 3.89 Å². The summed E-state index contributed by atoms with van der Waals surface area (Å²) < 4.78 is 16.6. The van der Waals surface area contributed by atoms with E-state index in [0.29, 0.717) is 0 Å². The van der Waals surface area contributed by atoms with E-state index >= 15 is 3.89 Å². The highest BCUT2D eigenvalue weighted by molar-refractivity contribution is 8.29. The Hall–Kier alpha value is -2.06. The summed E-state index contributed by atoms with van der Waals surface area (Å²) in [5.74, 6) is 0. The Morgan fingerprint density at radius 3 is 1.29 bits per heavy atom. The summed E-state index contributed by atoms with van der Waals surface area (Å²) in [5.41, 5.74) is 3.52. The van der Waals surface area contributed by atoms with Gasteiger partial charge in [0.05, 0.1) is 0 Å². The van der Waals surface area contributed by atoms with Gasteiger partial charge in [0.25, 0.3) is 0 Å². The minimum absolute atomic E-state index is 0.751. The molecule has 0 aliphatic carbocycles. The van der Waals surface area contributed by atoms with Crippen LogP contribution in [0, 0.1) is 13.8 Å². The van der Waals surface area contributed by atoms with Gasteiger partial charge in [-0.1, -0.05) is 54.4 Å². The largest absolute Gasteiger partial charge is 0.175 e. The molecule has 0 N–H and O–H groups in total. The molecule has 3 aromatic rings. The van der Waals surface area contributed by atoms with Crippen LogP contribution in [0.1, 0.15) is 23.6 Å². The van der Waals surface area contributed by atoms with Gasteiger partial charge in [-0.15, -0.1) is 0 Å². The quantitative estimate of drug-likeness (QED) is 0.479. The normalized spacial score (nSPS) is 12.2. The van der Waals surface area contributed by atoms with Crippen LogP contribution < -0.4 is 0 Å². The van der Waals surface area contributed by atoms with Crippen molar-refractivity contribution in [3.8, 4) is 0 Å². The van der Waals surface area contributed by atoms with Gasteiger partial charge >= 0.3 is 0 Å². The molecule has 0 bridgehead atoms. The van der Waals surface area contributed by atoms with Crippen molar-refractivity contribution in [3.05, 3.63) is 89.5 Å². The predicted octanol–water partition coefficient (Wildman–Crippen LogP) is 7.03. The van der Waals surface area contributed by atoms with Gasteiger partial charge in [0.1, 0.15) is 0 Å². The van der Waals surface area contributed by atoms with Crippen molar-refractivity contribution in [1.29, 1.82) is 0 Å². The van der Waals surface area contributed by atoms with E-state index in [4.69, 9.17) is 0 Å². The molecular formula is C22H23FS. The molecule has 3 aromatic carbocycles. The van der Waals surface area contributed by atoms with E-state index in [-0.39, 0.29) is 0 Å². The van der Waals surface area contributed by atoms with Gasteiger partial charge in [0, 0.05) is 14.7 Å². The van der Waals surface area contributed by atoms with E-state index < -0.39 is 10.4 Å². The molecule has 0 saturated carbocycles. The van der Waals surface area contributed by atoms with Crippen molar-refractivity contribution in [2.75, 3.05) is 0 Å². The second kappa shape index (κ2) is 6.82. The Bertz CT molecular complexity index is 757. The van der Waals surface area contributed by atoms with E-state index in [0.717, 1.165) is 32.2 Å². The topological polar surface area (TPSA) is 0 Å². The average molecular weight is 338 g/mol. The summed E-state index contributed by atoms with van der Waals surface area (Å²) in [5, 5.41) is 0. The molecule has 0 nitrogen and oxygen atoms in total. The summed E-state index contributed by atoms with van der Waals surface area (Å²) in [6, 6.07) is 23.7. The minimum Gasteiger partial charge on any atom is -0.175 e. The number of hydrogen-bond acceptors (Lipinski definition) is 0. The zero-order chi connectivity index (χ0) is 17.2. The molecule has 0 saturated heterocycles. The third-order valence-corrected chi connectivity index (χ3v) is 7.11. The monoisotopic (exact) mass is 338 g/mol. The second-order valence-corrected chi connectivity index (χ2v) is 8.65. The number of rotatable bonds is 4. The van der Waals surface area contributed by atoms with Crippen LogP contribution in [0.2, 0.25) is 0 Å². The number of benzene rings is 3. The zero-order valence-corrected chi connectivity index (χ0v) is 15.2. The molecule has 124 valence electrons. The van der Waals surface area contributed by atoms with Crippen LogP contribution in [0.25, 0.3) is 0 Å². The molecule has 0 spiro atoms. The van der Waals surface area contributed by atoms with E-state index in [1.165, 1.54) is 5.56 Å². The Morgan fingerprint density at radius 1 is 0.625 bits per heavy atom. The van der Waals surface area contributed by atoms with Gasteiger partial charge in [-0.05, 0) is 72.6 Å². The van der Waals surface area contributed by atoms with Crippen molar-refractivity contribution in [1.82, 2.24) is 0 Å². The fourth-order valence-corrected chi connectivity index (χ4v) is 5.12. The summed E-state index contributed by atoms with van der Waals surface area (Å²) in [6.45, 7) is 6.17. The fourth-order valence-electron chi connectivity index (χ4n) is 2.77. The van der Waals surface area contributed by atoms with Crippen LogP contribution >= 0.6 is 10.4 Å². The van der Waals surface area contributed by atoms with Gasteiger partial charge < -0.3 is 0 Å². The number of hydrogen-bond donors (Lipinski definition) is 0. The van der Waals surface area contributed by atoms with Crippen molar-refractivity contribution >= 4 is 10.4 Å². The van der Waals surface area contributed by atoms with Crippen LogP contribution in [-0.4, -0.2) is 0 Å². The first-order valence-electron chi connectivity index (χ1n) is 8.29. The molecule has 0 radical (unpaired) electrons. The first-order chi connectivity index (χ1) is 11.5. The fraction of sp³-hybridized carbons (Fsp3) is 0.182. The lowest BCUT2D eigenvalue weighted by Crippen LogP contribution is -1.98. The molecule has 0 aliphatic rings. The Balaban J connectivity index is 2.18. The smallest absolute Gasteiger partial charge is 0.0263 e. The summed E-state index contributed by atoms with van der Waals surface area (Å²) in [7, 11) is -2.73. The highest BCUT2D eigenvalue weighted by atomic mass is 32.3. The Morgan fingerprint density at radius 2 is 0.958 bits per heavy atom. The minimum atomic E-state index is -2.73. The standard InChI is InChI=1S/C22H23FS/c1-4-19-9-15-22(16-10-19)24(23,20-11-5-17(2)6-12-20)21-13-7-18(3)8-14-21/h5-16H,4H2,1-3H3. The van der Waals surface area contributed by atoms with Crippen LogP contribution in [0.3, 0.4) is 0 Å². The third kappa shape index (κ3) is 3.11. The molecule has 24 heavy (non-hydrogen) atoms. The summed E-state index contributed by atoms with van der Waals surface area (Å²) in [6.07, 6.45) is 0.962. The van der Waals surface area contributed by atoms with Gasteiger partial charge in [-0.25, -0.2) is 0 Å². The van der Waals surface area contributed by atoms with Crippen LogP contribution in [0.15, 0.2) is 87.5 Å². The SMILES string of the molecule is CCc1ccc(S(F)(c2ccc(C)cc2)c2ccc(C)cc2)cc1. The van der Waals surface area contributed by atoms with Crippen LogP contribution in [0.5, 0.6) is 0 Å². The molecule has 0 atom stereocenters. The van der Waals surface area contributed by atoms with Crippen molar-refractivity contribution in [3.63, 3.8) is 0 Å². The molecule has 2 heteroatoms. The van der Waals surface area contributed by atoms with E-state index in [1.54, 1.807) is 0 Å². The van der Waals surface area contributed by atoms with Gasteiger partial charge in [0.2, 0.25) is 0 Å². The molecule has 0 unspecified atom stereocenters. The molecule has 0 fully saturated rings. The highest BCUT2D eigenvalue weighted by Crippen LogP contribution is 2.69. The molecule has 0 aromatic heterocycles. The van der Waals surface area contributed by atoms with Gasteiger partial charge in [-0.3, -0.25) is 0 Å². The van der Waals surface area contributed by atoms with E-state index in [1.807, 2.05) is 86.6 Å². The maximum absolute atomic E-state index is 16.6. The van der Waals surface area contributed by atoms with Gasteiger partial charge in [0.15, 0.2) is 0 Å². The molecule has 0 amide bonds. The highest BCUT2D eigenvalue weighted by Gasteiger charge is 2.30. The summed E-state index contributed by atoms with van der Waals surface area (Å²) >= 11 is 0. The van der Waals surface area contributed by atoms with Gasteiger partial charge in [-0.2, -0.15) is 3.89 Å². The van der Waals surface area contributed by atoms with E-state index in [2.05, 4.69) is 6.92 Å². The Kier molecular flexibility index (Phi) is 4.77. The molecule has 0 aliphatic heterocycles. The predicted molar refractivity (Wildman–Crippen MR) is 102 cm³/mol. The number of aryl methyl sites for hydroxylation is 3. The lowest BCUT2D eigenvalue weighted by Gasteiger charge is -2.32. The molecule has 0 heterocycles. The maximum Gasteiger partial charge on any atom is 0.0263 e. The zero-order valence-electron chi connectivity index (χ0n) is 14.4. The first kappa shape index (κ1) is 16.8. The van der Waals surface area contributed by atoms with Crippen molar-refractivity contribution in [2.45, 2.75) is 41.9 Å². The van der Waals surface area contributed by atoms with Crippen molar-refractivity contribution in [2.24, 2.45) is 0 Å².